The predicted octanol–water partition coefficient (Wildman–Crippen LogP) is 4.84. The van der Waals surface area contributed by atoms with Crippen LogP contribution in [0.5, 0.6) is 5.75 Å². The number of anilines is 4. The molecule has 8 rings (SSSR count). The standard InChI is InChI=1S/C49H62N10O6/c1-5-39-48(64)56(3)41-30-50-49(54-44(41)59(39)35-15-6-7-16-35)52-38-19-18-33(29-42(38)65-4)45(61)51-34-22-27-57(28-23-34)26-11-10-25-55(2)24-9-8-13-32-14-12-17-36-37(32)31-58(47(36)63)40-20-21-43(60)53-46(40)62/h12,14,17-19,29-30,34-35,39-40H,5-7,9-11,15-16,20-28,31H2,1-4H3,(H,51,61)(H,50,52,54)(H,53,60,62)/t39-,40?/m1/s1. The van der Waals surface area contributed by atoms with Gasteiger partial charge in [-0.3, -0.25) is 29.3 Å². The van der Waals surface area contributed by atoms with Crippen LogP contribution in [0.15, 0.2) is 42.6 Å². The Morgan fingerprint density at radius 3 is 2.57 bits per heavy atom. The summed E-state index contributed by atoms with van der Waals surface area (Å²) < 4.78 is 5.73. The zero-order valence-corrected chi connectivity index (χ0v) is 38.2. The van der Waals surface area contributed by atoms with E-state index in [1.54, 1.807) is 48.4 Å². The number of likely N-dealkylation sites (N-methyl/N-ethyl adjacent to an activating group) is 1. The summed E-state index contributed by atoms with van der Waals surface area (Å²) >= 11 is 0. The van der Waals surface area contributed by atoms with Gasteiger partial charge in [0.15, 0.2) is 5.82 Å². The fourth-order valence-corrected chi connectivity index (χ4v) is 10.0. The minimum absolute atomic E-state index is 0.0731. The van der Waals surface area contributed by atoms with Gasteiger partial charge in [-0.15, -0.1) is 0 Å². The normalized spacial score (nSPS) is 20.4. The van der Waals surface area contributed by atoms with Crippen molar-refractivity contribution in [3.8, 4) is 17.6 Å². The van der Waals surface area contributed by atoms with Gasteiger partial charge in [-0.05, 0) is 107 Å². The number of rotatable bonds is 15. The van der Waals surface area contributed by atoms with Crippen molar-refractivity contribution >= 4 is 52.7 Å². The number of hydrogen-bond donors (Lipinski definition) is 3. The fourth-order valence-electron chi connectivity index (χ4n) is 10.0. The first-order valence-corrected chi connectivity index (χ1v) is 23.4. The van der Waals surface area contributed by atoms with Crippen molar-refractivity contribution < 1.29 is 28.7 Å². The summed E-state index contributed by atoms with van der Waals surface area (Å²) in [5.41, 5.74) is 4.10. The first-order chi connectivity index (χ1) is 31.5. The number of ether oxygens (including phenoxy) is 1. The van der Waals surface area contributed by atoms with Crippen molar-refractivity contribution in [3.63, 3.8) is 0 Å². The third-order valence-corrected chi connectivity index (χ3v) is 13.7. The van der Waals surface area contributed by atoms with E-state index in [0.717, 1.165) is 101 Å². The highest BCUT2D eigenvalue weighted by Crippen LogP contribution is 2.40. The number of benzene rings is 2. The molecule has 2 atom stereocenters. The molecule has 1 saturated carbocycles. The van der Waals surface area contributed by atoms with Gasteiger partial charge >= 0.3 is 0 Å². The lowest BCUT2D eigenvalue weighted by molar-refractivity contribution is -0.137. The number of methoxy groups -OCH3 is 1. The summed E-state index contributed by atoms with van der Waals surface area (Å²) in [5.74, 6) is 7.28. The lowest BCUT2D eigenvalue weighted by Crippen LogP contribution is -2.55. The predicted molar refractivity (Wildman–Crippen MR) is 248 cm³/mol. The van der Waals surface area contributed by atoms with Crippen LogP contribution < -0.4 is 30.5 Å². The van der Waals surface area contributed by atoms with Gasteiger partial charge in [-0.2, -0.15) is 4.98 Å². The van der Waals surface area contributed by atoms with E-state index in [-0.39, 0.29) is 48.2 Å². The number of likely N-dealkylation sites (tertiary alicyclic amines) is 1. The van der Waals surface area contributed by atoms with Crippen molar-refractivity contribution in [1.82, 2.24) is 35.3 Å². The number of nitrogens with one attached hydrogen (secondary N) is 3. The van der Waals surface area contributed by atoms with Gasteiger partial charge in [0, 0.05) is 74.8 Å². The van der Waals surface area contributed by atoms with Gasteiger partial charge in [0.05, 0.1) is 19.0 Å². The van der Waals surface area contributed by atoms with Crippen LogP contribution in [-0.4, -0.2) is 132 Å². The van der Waals surface area contributed by atoms with Gasteiger partial charge in [0.25, 0.3) is 11.8 Å². The smallest absolute Gasteiger partial charge is 0.255 e. The van der Waals surface area contributed by atoms with Crippen molar-refractivity contribution in [2.75, 3.05) is 69.0 Å². The molecule has 3 N–H and O–H groups in total. The number of aromatic nitrogens is 2. The van der Waals surface area contributed by atoms with Gasteiger partial charge < -0.3 is 39.9 Å². The molecule has 1 aliphatic carbocycles. The van der Waals surface area contributed by atoms with Crippen LogP contribution in [0, 0.1) is 11.8 Å². The minimum Gasteiger partial charge on any atom is -0.495 e. The number of carbonyl (C=O) groups excluding carboxylic acids is 5. The van der Waals surface area contributed by atoms with Crippen LogP contribution in [-0.2, 0) is 20.9 Å². The molecule has 0 radical (unpaired) electrons. The van der Waals surface area contributed by atoms with Gasteiger partial charge in [0.1, 0.15) is 23.5 Å². The van der Waals surface area contributed by atoms with Gasteiger partial charge in [-0.25, -0.2) is 4.98 Å². The topological polar surface area (TPSA) is 173 Å². The van der Waals surface area contributed by atoms with Crippen LogP contribution in [0.3, 0.4) is 0 Å². The van der Waals surface area contributed by atoms with Crippen LogP contribution in [0.4, 0.5) is 23.1 Å². The first-order valence-electron chi connectivity index (χ1n) is 23.4. The number of piperidine rings is 2. The molecule has 1 aromatic heterocycles. The molecule has 344 valence electrons. The van der Waals surface area contributed by atoms with Gasteiger partial charge in [-0.1, -0.05) is 37.7 Å². The zero-order chi connectivity index (χ0) is 45.6. The van der Waals surface area contributed by atoms with E-state index in [0.29, 0.717) is 60.0 Å². The number of hydrogen-bond acceptors (Lipinski definition) is 12. The number of unbranched alkanes of at least 4 members (excludes halogenated alkanes) is 1. The second kappa shape index (κ2) is 20.4. The maximum atomic E-state index is 13.4. The second-order valence-electron chi connectivity index (χ2n) is 18.0. The Bertz CT molecular complexity index is 2350. The van der Waals surface area contributed by atoms with E-state index in [1.807, 2.05) is 18.2 Å². The molecule has 5 aliphatic rings. The summed E-state index contributed by atoms with van der Waals surface area (Å²) in [5, 5.41) is 8.91. The molecule has 16 heteroatoms. The fraction of sp³-hybridized carbons (Fsp3) is 0.531. The Kier molecular flexibility index (Phi) is 14.3. The van der Waals surface area contributed by atoms with E-state index < -0.39 is 11.9 Å². The highest BCUT2D eigenvalue weighted by molar-refractivity contribution is 6.06. The van der Waals surface area contributed by atoms with Gasteiger partial charge in [0.2, 0.25) is 23.7 Å². The van der Waals surface area contributed by atoms with E-state index in [1.165, 1.54) is 0 Å². The maximum Gasteiger partial charge on any atom is 0.255 e. The molecule has 65 heavy (non-hydrogen) atoms. The van der Waals surface area contributed by atoms with E-state index in [4.69, 9.17) is 9.72 Å². The highest BCUT2D eigenvalue weighted by Gasteiger charge is 2.42. The summed E-state index contributed by atoms with van der Waals surface area (Å²) in [6.45, 7) is 7.07. The van der Waals surface area contributed by atoms with Crippen LogP contribution in [0.1, 0.15) is 116 Å². The molecule has 5 heterocycles. The number of amides is 5. The molecule has 1 unspecified atom stereocenters. The van der Waals surface area contributed by atoms with E-state index >= 15 is 0 Å². The lowest BCUT2D eigenvalue weighted by Gasteiger charge is -2.43. The van der Waals surface area contributed by atoms with E-state index in [2.05, 4.69) is 61.4 Å². The highest BCUT2D eigenvalue weighted by atomic mass is 16.5. The quantitative estimate of drug-likeness (QED) is 0.108. The average Bonchev–Trinajstić information content (AvgIpc) is 3.97. The molecule has 2 aromatic carbocycles. The Balaban J connectivity index is 0.752. The maximum absolute atomic E-state index is 13.4. The molecule has 0 spiro atoms. The largest absolute Gasteiger partial charge is 0.495 e. The molecule has 4 aliphatic heterocycles. The first kappa shape index (κ1) is 45.5. The number of fused-ring (bicyclic) bond motifs is 2. The molecule has 3 aromatic rings. The van der Waals surface area contributed by atoms with Crippen molar-refractivity contribution in [1.29, 1.82) is 0 Å². The molecular weight excluding hydrogens is 825 g/mol. The summed E-state index contributed by atoms with van der Waals surface area (Å²) in [7, 11) is 5.49. The Morgan fingerprint density at radius 2 is 1.82 bits per heavy atom. The molecule has 2 saturated heterocycles. The SMILES string of the molecule is CC[C@@H]1C(=O)N(C)c2cnc(Nc3ccc(C(=O)NC4CCN(CCCCN(C)CCC#Cc5cccc6c5CN(C5CCC(=O)NC5=O)C6=O)CC4)cc3OC)nc2N1C1CCCC1. The van der Waals surface area contributed by atoms with Crippen molar-refractivity contribution in [3.05, 3.63) is 64.8 Å². The second-order valence-corrected chi connectivity index (χ2v) is 18.0. The van der Waals surface area contributed by atoms with Crippen molar-refractivity contribution in [2.24, 2.45) is 0 Å². The van der Waals surface area contributed by atoms with Crippen LogP contribution in [0.2, 0.25) is 0 Å². The summed E-state index contributed by atoms with van der Waals surface area (Å²) in [6, 6.07) is 10.4. The molecule has 5 amide bonds. The molecular formula is C49H62N10O6. The monoisotopic (exact) mass is 886 g/mol. The number of imide groups is 1. The molecule has 0 bridgehead atoms. The lowest BCUT2D eigenvalue weighted by atomic mass is 10.0. The Morgan fingerprint density at radius 1 is 1.02 bits per heavy atom. The number of carbonyl (C=O) groups is 5. The minimum atomic E-state index is -0.641. The third-order valence-electron chi connectivity index (χ3n) is 13.7. The zero-order valence-electron chi connectivity index (χ0n) is 38.2. The third kappa shape index (κ3) is 10.1. The van der Waals surface area contributed by atoms with E-state index in [9.17, 15) is 24.0 Å². The Labute approximate surface area is 381 Å². The Hall–Kier alpha value is -6.05. The van der Waals surface area contributed by atoms with Crippen molar-refractivity contribution in [2.45, 2.75) is 115 Å². The average molecular weight is 887 g/mol. The van der Waals surface area contributed by atoms with Crippen LogP contribution >= 0.6 is 0 Å². The number of nitrogens with zero attached hydrogens (tertiary/aromatic N) is 7. The van der Waals surface area contributed by atoms with Crippen LogP contribution in [0.25, 0.3) is 0 Å². The molecule has 3 fully saturated rings. The summed E-state index contributed by atoms with van der Waals surface area (Å²) in [4.78, 5) is 83.7. The summed E-state index contributed by atoms with van der Waals surface area (Å²) in [6.07, 6.45) is 12.0. The molecule has 16 nitrogen and oxygen atoms in total.